The molecule has 0 unspecified atom stereocenters. The van der Waals surface area contributed by atoms with Crippen LogP contribution < -0.4 is 26.1 Å². The molecular weight excluding hydrogens is 586 g/mol. The van der Waals surface area contributed by atoms with Gasteiger partial charge < -0.3 is 15.0 Å². The molecule has 240 valence electrons. The first-order valence-corrected chi connectivity index (χ1v) is 18.8. The molecule has 45 heavy (non-hydrogen) atoms. The summed E-state index contributed by atoms with van der Waals surface area (Å²) >= 11 is 0. The van der Waals surface area contributed by atoms with Crippen molar-refractivity contribution in [2.24, 2.45) is 10.4 Å². The van der Waals surface area contributed by atoms with Gasteiger partial charge >= 0.3 is 11.7 Å². The van der Waals surface area contributed by atoms with Gasteiger partial charge in [-0.05, 0) is 30.3 Å². The number of imidazole rings is 1. The van der Waals surface area contributed by atoms with Crippen molar-refractivity contribution in [3.05, 3.63) is 82.3 Å². The number of nitrogens with one attached hydrogen (secondary N) is 3. The smallest absolute Gasteiger partial charge is 0.327 e. The number of benzene rings is 2. The third kappa shape index (κ3) is 8.82. The molecule has 2 amide bonds. The van der Waals surface area contributed by atoms with E-state index in [9.17, 15) is 14.4 Å². The Hall–Kier alpha value is -4.42. The van der Waals surface area contributed by atoms with Crippen LogP contribution in [0.1, 0.15) is 32.0 Å². The molecule has 3 aromatic rings. The molecule has 0 aliphatic carbocycles. The van der Waals surface area contributed by atoms with Gasteiger partial charge in [-0.2, -0.15) is 0 Å². The number of urea groups is 1. The fraction of sp³-hybridized carbons (Fsp3) is 0.394. The van der Waals surface area contributed by atoms with Crippen LogP contribution in [0.5, 0.6) is 0 Å². The van der Waals surface area contributed by atoms with E-state index in [1.165, 1.54) is 4.57 Å². The van der Waals surface area contributed by atoms with E-state index in [1.807, 2.05) is 82.2 Å². The molecular formula is C33H45N7O4Si. The molecule has 0 atom stereocenters. The van der Waals surface area contributed by atoms with E-state index in [0.29, 0.717) is 23.8 Å². The Labute approximate surface area is 266 Å². The van der Waals surface area contributed by atoms with E-state index < -0.39 is 25.2 Å². The van der Waals surface area contributed by atoms with E-state index in [1.54, 1.807) is 23.4 Å². The minimum atomic E-state index is -1.36. The minimum absolute atomic E-state index is 0.0778. The van der Waals surface area contributed by atoms with Gasteiger partial charge in [0.15, 0.2) is 11.6 Å². The highest BCUT2D eigenvalue weighted by Crippen LogP contribution is 2.32. The molecule has 0 saturated carbocycles. The minimum Gasteiger partial charge on any atom is -0.378 e. The zero-order valence-corrected chi connectivity index (χ0v) is 28.5. The van der Waals surface area contributed by atoms with E-state index in [4.69, 9.17) is 4.74 Å². The summed E-state index contributed by atoms with van der Waals surface area (Å²) in [5.74, 6) is 0.606. The number of aromatic nitrogens is 2. The van der Waals surface area contributed by atoms with Crippen molar-refractivity contribution in [1.29, 1.82) is 0 Å². The van der Waals surface area contributed by atoms with Gasteiger partial charge in [0, 0.05) is 57.3 Å². The number of carbonyl (C=O) groups is 2. The molecule has 0 bridgehead atoms. The average molecular weight is 632 g/mol. The number of aliphatic imine (C=N–C) groups is 1. The van der Waals surface area contributed by atoms with Gasteiger partial charge in [0.25, 0.3) is 0 Å². The normalized spacial score (nSPS) is 13.2. The molecule has 1 aliphatic heterocycles. The number of carbonyl (C=O) groups excluding carboxylic acids is 2. The number of ketones is 1. The molecule has 1 aromatic heterocycles. The number of hydrogen-bond acceptors (Lipinski definition) is 7. The second-order valence-corrected chi connectivity index (χ2v) is 19.2. The van der Waals surface area contributed by atoms with Crippen LogP contribution in [0.4, 0.5) is 27.7 Å². The van der Waals surface area contributed by atoms with Gasteiger partial charge in [0.2, 0.25) is 0 Å². The highest BCUT2D eigenvalue weighted by atomic mass is 28.3. The lowest BCUT2D eigenvalue weighted by Gasteiger charge is -2.23. The number of rotatable bonds is 11. The average Bonchev–Trinajstić information content (AvgIpc) is 3.13. The molecule has 4 rings (SSSR count). The van der Waals surface area contributed by atoms with Gasteiger partial charge in [-0.15, -0.1) is 0 Å². The SMILES string of the molecule is CN(C)c1cccc(NC(=O)NC2=CN(c3[nH]c(=O)n(CC(=O)C(C)(C)C)c3COCC[Si](C)(C)C)c3ccccc3C=N2)c1. The van der Waals surface area contributed by atoms with Crippen molar-refractivity contribution in [1.82, 2.24) is 14.9 Å². The molecule has 2 aromatic carbocycles. The van der Waals surface area contributed by atoms with Crippen LogP contribution in [-0.4, -0.2) is 56.4 Å². The van der Waals surface area contributed by atoms with Crippen LogP contribution in [0, 0.1) is 5.41 Å². The summed E-state index contributed by atoms with van der Waals surface area (Å²) in [6.45, 7) is 12.9. The monoisotopic (exact) mass is 631 g/mol. The lowest BCUT2D eigenvalue weighted by molar-refractivity contribution is -0.127. The zero-order valence-electron chi connectivity index (χ0n) is 27.5. The number of anilines is 4. The molecule has 0 fully saturated rings. The summed E-state index contributed by atoms with van der Waals surface area (Å²) in [6, 6.07) is 15.6. The summed E-state index contributed by atoms with van der Waals surface area (Å²) in [5, 5.41) is 5.69. The first-order chi connectivity index (χ1) is 21.1. The molecule has 0 saturated heterocycles. The number of aromatic amines is 1. The highest BCUT2D eigenvalue weighted by Gasteiger charge is 2.28. The molecule has 3 N–H and O–H groups in total. The first kappa shape index (κ1) is 33.5. The third-order valence-corrected chi connectivity index (χ3v) is 9.04. The lowest BCUT2D eigenvalue weighted by Crippen LogP contribution is -2.31. The number of H-pyrrole nitrogens is 1. The van der Waals surface area contributed by atoms with Gasteiger partial charge in [0.1, 0.15) is 5.82 Å². The molecule has 2 heterocycles. The van der Waals surface area contributed by atoms with Crippen molar-refractivity contribution in [2.45, 2.75) is 59.6 Å². The zero-order chi connectivity index (χ0) is 32.9. The summed E-state index contributed by atoms with van der Waals surface area (Å²) < 4.78 is 7.59. The number of ether oxygens (including phenoxy) is 1. The van der Waals surface area contributed by atoms with Crippen LogP contribution in [0.2, 0.25) is 25.7 Å². The fourth-order valence-corrected chi connectivity index (χ4v) is 5.26. The predicted molar refractivity (Wildman–Crippen MR) is 185 cm³/mol. The summed E-state index contributed by atoms with van der Waals surface area (Å²) in [7, 11) is 2.50. The van der Waals surface area contributed by atoms with E-state index in [0.717, 1.165) is 23.0 Å². The number of para-hydroxylation sites is 1. The molecule has 0 radical (unpaired) electrons. The molecule has 12 heteroatoms. The number of amides is 2. The number of hydrogen-bond donors (Lipinski definition) is 3. The highest BCUT2D eigenvalue weighted by molar-refractivity contribution is 6.76. The number of nitrogens with zero attached hydrogens (tertiary/aromatic N) is 4. The maximum absolute atomic E-state index is 13.4. The Balaban J connectivity index is 1.72. The second-order valence-electron chi connectivity index (χ2n) is 13.6. The quantitative estimate of drug-likeness (QED) is 0.179. The Kier molecular flexibility index (Phi) is 10.2. The summed E-state index contributed by atoms with van der Waals surface area (Å²) in [5.41, 5.74) is 2.55. The molecule has 11 nitrogen and oxygen atoms in total. The van der Waals surface area contributed by atoms with Crippen molar-refractivity contribution in [2.75, 3.05) is 35.8 Å². The Bertz CT molecular complexity index is 1660. The Morgan fingerprint density at radius 3 is 2.47 bits per heavy atom. The molecule has 0 spiro atoms. The molecule has 1 aliphatic rings. The standard InChI is InChI=1S/C33H45N7O4Si/c1-33(2,3)28(41)20-40-27(22-44-16-17-45(6,7)8)30(37-32(40)43)39-21-29(34-19-23-12-9-10-15-26(23)39)36-31(42)35-24-13-11-14-25(18-24)38(4)5/h9-15,18-19,21H,16-17,20,22H2,1-8H3,(H,37,43)(H2,35,36,42). The predicted octanol–water partition coefficient (Wildman–Crippen LogP) is 5.90. The van der Waals surface area contributed by atoms with Crippen LogP contribution in [0.15, 0.2) is 70.3 Å². The van der Waals surface area contributed by atoms with E-state index in [2.05, 4.69) is 40.3 Å². The lowest BCUT2D eigenvalue weighted by atomic mass is 9.91. The summed E-state index contributed by atoms with van der Waals surface area (Å²) in [4.78, 5) is 50.9. The first-order valence-electron chi connectivity index (χ1n) is 15.0. The van der Waals surface area contributed by atoms with Crippen molar-refractivity contribution >= 4 is 49.0 Å². The fourth-order valence-electron chi connectivity index (χ4n) is 4.50. The van der Waals surface area contributed by atoms with Crippen LogP contribution in [0.25, 0.3) is 0 Å². The topological polar surface area (TPSA) is 124 Å². The second kappa shape index (κ2) is 13.7. The van der Waals surface area contributed by atoms with Gasteiger partial charge in [-0.25, -0.2) is 14.6 Å². The Morgan fingerprint density at radius 1 is 1.04 bits per heavy atom. The van der Waals surface area contributed by atoms with Crippen LogP contribution in [-0.2, 0) is 22.7 Å². The maximum Gasteiger partial charge on any atom is 0.327 e. The third-order valence-electron chi connectivity index (χ3n) is 7.34. The van der Waals surface area contributed by atoms with Crippen LogP contribution >= 0.6 is 0 Å². The van der Waals surface area contributed by atoms with Gasteiger partial charge in [-0.3, -0.25) is 24.6 Å². The maximum atomic E-state index is 13.4. The van der Waals surface area contributed by atoms with Crippen molar-refractivity contribution < 1.29 is 14.3 Å². The van der Waals surface area contributed by atoms with Crippen molar-refractivity contribution in [3.8, 4) is 0 Å². The van der Waals surface area contributed by atoms with E-state index in [-0.39, 0.29) is 24.8 Å². The largest absolute Gasteiger partial charge is 0.378 e. The van der Waals surface area contributed by atoms with Crippen molar-refractivity contribution in [3.63, 3.8) is 0 Å². The summed E-state index contributed by atoms with van der Waals surface area (Å²) in [6.07, 6.45) is 3.32. The number of Topliss-reactive ketones (excluding diaryl/α,β-unsaturated/α-hetero) is 1. The van der Waals surface area contributed by atoms with Gasteiger partial charge in [0.05, 0.1) is 30.7 Å². The van der Waals surface area contributed by atoms with Gasteiger partial charge in [-0.1, -0.05) is 64.7 Å². The Morgan fingerprint density at radius 2 is 1.78 bits per heavy atom. The number of fused-ring (bicyclic) bond motifs is 1. The van der Waals surface area contributed by atoms with E-state index >= 15 is 0 Å². The van der Waals surface area contributed by atoms with Crippen LogP contribution in [0.3, 0.4) is 0 Å².